The Bertz CT molecular complexity index is 1250. The molecule has 2 heterocycles. The summed E-state index contributed by atoms with van der Waals surface area (Å²) < 4.78 is 0. The van der Waals surface area contributed by atoms with Crippen molar-refractivity contribution in [2.45, 2.75) is 25.1 Å². The quantitative estimate of drug-likeness (QED) is 0.463. The predicted octanol–water partition coefficient (Wildman–Crippen LogP) is 5.10. The number of nitrogens with one attached hydrogen (secondary N) is 1. The molecule has 4 rings (SSSR count). The summed E-state index contributed by atoms with van der Waals surface area (Å²) in [5.41, 5.74) is 2.37. The molecule has 1 N–H and O–H groups in total. The SMILES string of the molecule is CC(=O)c1cccc(NC(=O)C[C@H]2SC(=Nc3ccc(Cl)cc3)N(Cc3ccccn3)C2=O)c1. The maximum absolute atomic E-state index is 13.2. The minimum Gasteiger partial charge on any atom is -0.326 e. The number of amidine groups is 1. The number of hydrogen-bond acceptors (Lipinski definition) is 6. The molecule has 3 aromatic rings. The molecule has 2 amide bonds. The summed E-state index contributed by atoms with van der Waals surface area (Å²) in [5.74, 6) is -0.626. The van der Waals surface area contributed by atoms with Crippen molar-refractivity contribution in [1.29, 1.82) is 0 Å². The Morgan fingerprint density at radius 3 is 2.62 bits per heavy atom. The van der Waals surface area contributed by atoms with Crippen LogP contribution in [0.5, 0.6) is 0 Å². The number of aromatic nitrogens is 1. The van der Waals surface area contributed by atoms with Gasteiger partial charge in [-0.05, 0) is 55.5 Å². The van der Waals surface area contributed by atoms with E-state index in [1.807, 2.05) is 12.1 Å². The number of Topliss-reactive ketones (excluding diaryl/α,β-unsaturated/α-hetero) is 1. The van der Waals surface area contributed by atoms with Crippen molar-refractivity contribution >= 4 is 57.5 Å². The molecule has 0 bridgehead atoms. The van der Waals surface area contributed by atoms with E-state index >= 15 is 0 Å². The molecule has 7 nitrogen and oxygen atoms in total. The highest BCUT2D eigenvalue weighted by molar-refractivity contribution is 8.15. The number of anilines is 1. The lowest BCUT2D eigenvalue weighted by Crippen LogP contribution is -2.33. The van der Waals surface area contributed by atoms with Gasteiger partial charge in [0, 0.05) is 28.9 Å². The number of hydrogen-bond donors (Lipinski definition) is 1. The fraction of sp³-hybridized carbons (Fsp3) is 0.160. The van der Waals surface area contributed by atoms with E-state index < -0.39 is 5.25 Å². The maximum atomic E-state index is 13.2. The van der Waals surface area contributed by atoms with Crippen LogP contribution < -0.4 is 5.32 Å². The minimum atomic E-state index is -0.634. The molecule has 0 aliphatic carbocycles. The molecule has 1 aromatic heterocycles. The number of nitrogens with zero attached hydrogens (tertiary/aromatic N) is 3. The standard InChI is InChI=1S/C25H21ClN4O3S/c1-16(31)17-5-4-7-20(13-17)28-23(32)14-22-24(33)30(15-21-6-2-3-12-27-21)25(34-22)29-19-10-8-18(26)9-11-19/h2-13,22H,14-15H2,1H3,(H,28,32)/t22-/m1/s1. The lowest BCUT2D eigenvalue weighted by atomic mass is 10.1. The highest BCUT2D eigenvalue weighted by atomic mass is 35.5. The highest BCUT2D eigenvalue weighted by Gasteiger charge is 2.39. The zero-order chi connectivity index (χ0) is 24.1. The predicted molar refractivity (Wildman–Crippen MR) is 134 cm³/mol. The number of benzene rings is 2. The van der Waals surface area contributed by atoms with Gasteiger partial charge in [0.25, 0.3) is 0 Å². The Hall–Kier alpha value is -3.49. The third-order valence-electron chi connectivity index (χ3n) is 5.04. The molecule has 34 heavy (non-hydrogen) atoms. The number of rotatable bonds is 7. The first-order chi connectivity index (χ1) is 16.4. The Labute approximate surface area is 206 Å². The molecule has 1 saturated heterocycles. The van der Waals surface area contributed by atoms with E-state index in [1.54, 1.807) is 65.7 Å². The third kappa shape index (κ3) is 5.89. The number of amides is 2. The van der Waals surface area contributed by atoms with Crippen molar-refractivity contribution in [3.05, 3.63) is 89.2 Å². The molecule has 0 saturated carbocycles. The molecule has 1 fully saturated rings. The van der Waals surface area contributed by atoms with Crippen molar-refractivity contribution < 1.29 is 14.4 Å². The van der Waals surface area contributed by atoms with E-state index in [9.17, 15) is 14.4 Å². The molecule has 2 aromatic carbocycles. The van der Waals surface area contributed by atoms with Gasteiger partial charge in [0.05, 0.1) is 17.9 Å². The van der Waals surface area contributed by atoms with Crippen LogP contribution in [0.15, 0.2) is 77.9 Å². The number of ketones is 1. The Kier molecular flexibility index (Phi) is 7.40. The maximum Gasteiger partial charge on any atom is 0.243 e. The van der Waals surface area contributed by atoms with Crippen LogP contribution in [0.3, 0.4) is 0 Å². The molecule has 1 aliphatic heterocycles. The summed E-state index contributed by atoms with van der Waals surface area (Å²) in [6.45, 7) is 1.71. The van der Waals surface area contributed by atoms with E-state index in [1.165, 1.54) is 18.7 Å². The van der Waals surface area contributed by atoms with Crippen LogP contribution in [0.2, 0.25) is 5.02 Å². The van der Waals surface area contributed by atoms with Crippen molar-refractivity contribution in [2.75, 3.05) is 5.32 Å². The highest BCUT2D eigenvalue weighted by Crippen LogP contribution is 2.33. The molecule has 0 unspecified atom stereocenters. The fourth-order valence-electron chi connectivity index (χ4n) is 3.35. The number of thioether (sulfide) groups is 1. The number of carbonyl (C=O) groups excluding carboxylic acids is 3. The van der Waals surface area contributed by atoms with Gasteiger partial charge in [-0.15, -0.1) is 0 Å². The topological polar surface area (TPSA) is 91.7 Å². The smallest absolute Gasteiger partial charge is 0.243 e. The minimum absolute atomic E-state index is 0.0356. The third-order valence-corrected chi connectivity index (χ3v) is 6.47. The van der Waals surface area contributed by atoms with Crippen LogP contribution >= 0.6 is 23.4 Å². The summed E-state index contributed by atoms with van der Waals surface area (Å²) in [6.07, 6.45) is 1.63. The van der Waals surface area contributed by atoms with Crippen molar-refractivity contribution in [2.24, 2.45) is 4.99 Å². The van der Waals surface area contributed by atoms with Gasteiger partial charge in [-0.25, -0.2) is 4.99 Å². The van der Waals surface area contributed by atoms with E-state index in [2.05, 4.69) is 15.3 Å². The van der Waals surface area contributed by atoms with Crippen LogP contribution in [0.25, 0.3) is 0 Å². The zero-order valence-corrected chi connectivity index (χ0v) is 19.8. The van der Waals surface area contributed by atoms with E-state index in [-0.39, 0.29) is 30.6 Å². The van der Waals surface area contributed by atoms with Gasteiger partial charge in [0.2, 0.25) is 11.8 Å². The lowest BCUT2D eigenvalue weighted by Gasteiger charge is -2.16. The molecule has 1 aliphatic rings. The van der Waals surface area contributed by atoms with E-state index in [4.69, 9.17) is 11.6 Å². The van der Waals surface area contributed by atoms with Crippen LogP contribution in [0, 0.1) is 0 Å². The van der Waals surface area contributed by atoms with Gasteiger partial charge in [-0.1, -0.05) is 41.6 Å². The number of carbonyl (C=O) groups is 3. The first kappa shape index (κ1) is 23.7. The summed E-state index contributed by atoms with van der Waals surface area (Å²) in [6, 6.07) is 19.2. The Balaban J connectivity index is 1.52. The molecule has 9 heteroatoms. The second-order valence-electron chi connectivity index (χ2n) is 7.61. The first-order valence-corrected chi connectivity index (χ1v) is 11.8. The van der Waals surface area contributed by atoms with Crippen molar-refractivity contribution in [3.8, 4) is 0 Å². The van der Waals surface area contributed by atoms with Crippen molar-refractivity contribution in [1.82, 2.24) is 9.88 Å². The van der Waals surface area contributed by atoms with Crippen LogP contribution in [-0.2, 0) is 16.1 Å². The summed E-state index contributed by atoms with van der Waals surface area (Å²) >= 11 is 7.21. The molecule has 172 valence electrons. The second kappa shape index (κ2) is 10.6. The Morgan fingerprint density at radius 2 is 1.91 bits per heavy atom. The molecular weight excluding hydrogens is 472 g/mol. The molecule has 0 radical (unpaired) electrons. The normalized spacial score (nSPS) is 16.6. The fourth-order valence-corrected chi connectivity index (χ4v) is 4.63. The summed E-state index contributed by atoms with van der Waals surface area (Å²) in [5, 5.41) is 3.23. The largest absolute Gasteiger partial charge is 0.326 e. The Morgan fingerprint density at radius 1 is 1.12 bits per heavy atom. The zero-order valence-electron chi connectivity index (χ0n) is 18.3. The van der Waals surface area contributed by atoms with Gasteiger partial charge >= 0.3 is 0 Å². The van der Waals surface area contributed by atoms with Crippen LogP contribution in [0.1, 0.15) is 29.4 Å². The van der Waals surface area contributed by atoms with Gasteiger partial charge in [0.1, 0.15) is 5.25 Å². The monoisotopic (exact) mass is 492 g/mol. The number of halogens is 1. The number of pyridine rings is 1. The number of aliphatic imine (C=N–C) groups is 1. The van der Waals surface area contributed by atoms with Gasteiger partial charge in [-0.2, -0.15) is 0 Å². The van der Waals surface area contributed by atoms with Crippen LogP contribution in [-0.4, -0.2) is 37.9 Å². The first-order valence-electron chi connectivity index (χ1n) is 10.5. The average Bonchev–Trinajstić information content (AvgIpc) is 3.10. The van der Waals surface area contributed by atoms with Gasteiger partial charge in [0.15, 0.2) is 11.0 Å². The van der Waals surface area contributed by atoms with E-state index in [0.717, 1.165) is 0 Å². The van der Waals surface area contributed by atoms with Gasteiger partial charge in [-0.3, -0.25) is 24.3 Å². The molecule has 0 spiro atoms. The molecule has 1 atom stereocenters. The summed E-state index contributed by atoms with van der Waals surface area (Å²) in [4.78, 5) is 48.1. The second-order valence-corrected chi connectivity index (χ2v) is 9.22. The average molecular weight is 493 g/mol. The van der Waals surface area contributed by atoms with Crippen LogP contribution in [0.4, 0.5) is 11.4 Å². The van der Waals surface area contributed by atoms with Gasteiger partial charge < -0.3 is 5.32 Å². The summed E-state index contributed by atoms with van der Waals surface area (Å²) in [7, 11) is 0. The molecular formula is C25H21ClN4O3S. The van der Waals surface area contributed by atoms with Crippen molar-refractivity contribution in [3.63, 3.8) is 0 Å². The lowest BCUT2D eigenvalue weighted by molar-refractivity contribution is -0.128. The van der Waals surface area contributed by atoms with E-state index in [0.29, 0.717) is 32.8 Å².